The zero-order chi connectivity index (χ0) is 10.4. The maximum absolute atomic E-state index is 11.8. The number of rotatable bonds is 1. The summed E-state index contributed by atoms with van der Waals surface area (Å²) in [6.07, 6.45) is 0.679. The Morgan fingerprint density at radius 2 is 2.13 bits per heavy atom. The largest absolute Gasteiger partial charge is 0.506 e. The molecule has 0 spiro atoms. The highest BCUT2D eigenvalue weighted by molar-refractivity contribution is 5.99. The zero-order valence-corrected chi connectivity index (χ0v) is 8.09. The molecule has 3 fully saturated rings. The van der Waals surface area contributed by atoms with E-state index in [1.807, 2.05) is 6.07 Å². The average molecular weight is 205 g/mol. The highest BCUT2D eigenvalue weighted by Gasteiger charge is 2.45. The normalized spacial score (nSPS) is 28.8. The van der Waals surface area contributed by atoms with Crippen LogP contribution in [0.1, 0.15) is 6.42 Å². The molecule has 3 heterocycles. The van der Waals surface area contributed by atoms with Crippen molar-refractivity contribution in [1.29, 1.82) is 0 Å². The van der Waals surface area contributed by atoms with Gasteiger partial charge in [0.05, 0.1) is 18.3 Å². The van der Waals surface area contributed by atoms with Crippen molar-refractivity contribution in [2.75, 3.05) is 11.4 Å². The number of anilines is 1. The molecular weight excluding hydrogens is 194 g/mol. The summed E-state index contributed by atoms with van der Waals surface area (Å²) in [5.74, 6) is 0.103. The van der Waals surface area contributed by atoms with Crippen LogP contribution in [0.15, 0.2) is 24.3 Å². The minimum absolute atomic E-state index is 0.0426. The molecule has 1 aromatic rings. The van der Waals surface area contributed by atoms with Crippen molar-refractivity contribution in [2.45, 2.75) is 18.6 Å². The van der Waals surface area contributed by atoms with Crippen LogP contribution < -0.4 is 4.90 Å². The fourth-order valence-corrected chi connectivity index (χ4v) is 2.11. The van der Waals surface area contributed by atoms with Gasteiger partial charge in [-0.1, -0.05) is 12.1 Å². The molecule has 3 saturated heterocycles. The minimum atomic E-state index is -0.289. The van der Waals surface area contributed by atoms with Crippen LogP contribution in [0.25, 0.3) is 0 Å². The molecule has 0 saturated carbocycles. The number of aromatic hydroxyl groups is 1. The molecule has 3 aliphatic heterocycles. The van der Waals surface area contributed by atoms with E-state index >= 15 is 0 Å². The summed E-state index contributed by atoms with van der Waals surface area (Å²) in [6.45, 7) is 0.549. The second kappa shape index (κ2) is 2.97. The van der Waals surface area contributed by atoms with E-state index in [1.54, 1.807) is 23.1 Å². The van der Waals surface area contributed by atoms with Crippen molar-refractivity contribution in [2.24, 2.45) is 0 Å². The molecule has 0 aliphatic carbocycles. The van der Waals surface area contributed by atoms with Crippen LogP contribution in [0, 0.1) is 0 Å². The minimum Gasteiger partial charge on any atom is -0.506 e. The average Bonchev–Trinajstić information content (AvgIpc) is 2.17. The fraction of sp³-hybridized carbons (Fsp3) is 0.364. The molecule has 4 nitrogen and oxygen atoms in total. The summed E-state index contributed by atoms with van der Waals surface area (Å²) < 4.78 is 5.31. The molecule has 0 aromatic heterocycles. The maximum atomic E-state index is 11.8. The Hall–Kier alpha value is -1.55. The summed E-state index contributed by atoms with van der Waals surface area (Å²) in [4.78, 5) is 13.4. The van der Waals surface area contributed by atoms with E-state index in [-0.39, 0.29) is 23.9 Å². The molecule has 4 heteroatoms. The van der Waals surface area contributed by atoms with E-state index in [4.69, 9.17) is 4.74 Å². The Bertz CT molecular complexity index is 412. The first kappa shape index (κ1) is 8.73. The Balaban J connectivity index is 1.94. The summed E-state index contributed by atoms with van der Waals surface area (Å²) in [5, 5.41) is 9.65. The Kier molecular flexibility index (Phi) is 1.73. The van der Waals surface area contributed by atoms with Crippen LogP contribution in [0.5, 0.6) is 5.75 Å². The van der Waals surface area contributed by atoms with Crippen molar-refractivity contribution < 1.29 is 14.6 Å². The third kappa shape index (κ3) is 1.22. The number of phenols is 1. The second-order valence-electron chi connectivity index (χ2n) is 3.92. The van der Waals surface area contributed by atoms with E-state index in [0.717, 1.165) is 6.42 Å². The topological polar surface area (TPSA) is 49.8 Å². The monoisotopic (exact) mass is 205 g/mol. The first-order chi connectivity index (χ1) is 7.25. The lowest BCUT2D eigenvalue weighted by Gasteiger charge is -2.45. The highest BCUT2D eigenvalue weighted by Crippen LogP contribution is 2.35. The van der Waals surface area contributed by atoms with Crippen molar-refractivity contribution >= 4 is 11.6 Å². The van der Waals surface area contributed by atoms with Gasteiger partial charge in [0, 0.05) is 6.42 Å². The number of amides is 1. The number of phenolic OH excluding ortho intramolecular Hbond substituents is 1. The first-order valence-electron chi connectivity index (χ1n) is 5.00. The molecule has 78 valence electrons. The van der Waals surface area contributed by atoms with Crippen molar-refractivity contribution in [3.63, 3.8) is 0 Å². The lowest BCUT2D eigenvalue weighted by molar-refractivity contribution is -0.169. The third-order valence-corrected chi connectivity index (χ3v) is 2.93. The number of hydrogen-bond acceptors (Lipinski definition) is 3. The number of ether oxygens (including phenoxy) is 1. The third-order valence-electron chi connectivity index (χ3n) is 2.93. The van der Waals surface area contributed by atoms with Crippen molar-refractivity contribution in [3.8, 4) is 5.75 Å². The lowest BCUT2D eigenvalue weighted by Crippen LogP contribution is -2.61. The van der Waals surface area contributed by atoms with Gasteiger partial charge in [0.15, 0.2) is 0 Å². The van der Waals surface area contributed by atoms with E-state index < -0.39 is 0 Å². The lowest BCUT2D eigenvalue weighted by atomic mass is 9.97. The van der Waals surface area contributed by atoms with Gasteiger partial charge in [0.2, 0.25) is 0 Å². The number of benzene rings is 1. The molecule has 0 radical (unpaired) electrons. The molecule has 2 bridgehead atoms. The number of piperidine rings is 1. The second-order valence-corrected chi connectivity index (χ2v) is 3.92. The Morgan fingerprint density at radius 1 is 1.40 bits per heavy atom. The number of fused-ring (bicyclic) bond motifs is 2. The van der Waals surface area contributed by atoms with Crippen LogP contribution >= 0.6 is 0 Å². The van der Waals surface area contributed by atoms with Gasteiger partial charge in [-0.2, -0.15) is 0 Å². The van der Waals surface area contributed by atoms with Gasteiger partial charge in [-0.3, -0.25) is 4.79 Å². The molecule has 1 amide bonds. The highest BCUT2D eigenvalue weighted by atomic mass is 16.5. The predicted molar refractivity (Wildman–Crippen MR) is 53.7 cm³/mol. The summed E-state index contributed by atoms with van der Waals surface area (Å²) in [6, 6.07) is 6.88. The number of morpholine rings is 1. The molecular formula is C11H11NO3. The fourth-order valence-electron chi connectivity index (χ4n) is 2.11. The van der Waals surface area contributed by atoms with Crippen LogP contribution in [-0.4, -0.2) is 29.8 Å². The van der Waals surface area contributed by atoms with Gasteiger partial charge in [0.25, 0.3) is 5.91 Å². The van der Waals surface area contributed by atoms with Crippen LogP contribution in [0.3, 0.4) is 0 Å². The van der Waals surface area contributed by atoms with Crippen LogP contribution in [0.4, 0.5) is 5.69 Å². The number of nitrogens with zero attached hydrogens (tertiary/aromatic N) is 1. The van der Waals surface area contributed by atoms with Gasteiger partial charge in [-0.05, 0) is 12.1 Å². The van der Waals surface area contributed by atoms with E-state index in [9.17, 15) is 9.90 Å². The van der Waals surface area contributed by atoms with Crippen molar-refractivity contribution in [3.05, 3.63) is 24.3 Å². The Labute approximate surface area is 87.1 Å². The predicted octanol–water partition coefficient (Wildman–Crippen LogP) is 0.896. The SMILES string of the molecule is O=C1C2CC(CN1c1ccccc1O)O2. The van der Waals surface area contributed by atoms with Crippen molar-refractivity contribution in [1.82, 2.24) is 0 Å². The van der Waals surface area contributed by atoms with Gasteiger partial charge < -0.3 is 14.7 Å². The van der Waals surface area contributed by atoms with E-state index in [1.165, 1.54) is 0 Å². The number of carbonyl (C=O) groups excluding carboxylic acids is 1. The molecule has 2 unspecified atom stereocenters. The molecule has 2 atom stereocenters. The first-order valence-corrected chi connectivity index (χ1v) is 5.00. The standard InChI is InChI=1S/C11H11NO3/c13-9-4-2-1-3-8(9)12-6-7-5-10(15-7)11(12)14/h1-4,7,10,13H,5-6H2. The Morgan fingerprint density at radius 3 is 2.80 bits per heavy atom. The van der Waals surface area contributed by atoms with E-state index in [2.05, 4.69) is 0 Å². The quantitative estimate of drug-likeness (QED) is 0.741. The summed E-state index contributed by atoms with van der Waals surface area (Å²) >= 11 is 0. The number of hydrogen-bond donors (Lipinski definition) is 1. The summed E-state index contributed by atoms with van der Waals surface area (Å²) in [7, 11) is 0. The van der Waals surface area contributed by atoms with E-state index in [0.29, 0.717) is 12.2 Å². The smallest absolute Gasteiger partial charge is 0.256 e. The van der Waals surface area contributed by atoms with Crippen LogP contribution in [0.2, 0.25) is 0 Å². The van der Waals surface area contributed by atoms with Gasteiger partial charge in [0.1, 0.15) is 11.9 Å². The van der Waals surface area contributed by atoms with Crippen LogP contribution in [-0.2, 0) is 9.53 Å². The molecule has 1 N–H and O–H groups in total. The molecule has 15 heavy (non-hydrogen) atoms. The molecule has 4 rings (SSSR count). The van der Waals surface area contributed by atoms with Gasteiger partial charge in [-0.15, -0.1) is 0 Å². The number of carbonyl (C=O) groups is 1. The number of para-hydroxylation sites is 2. The molecule has 3 aliphatic rings. The zero-order valence-electron chi connectivity index (χ0n) is 8.09. The van der Waals surface area contributed by atoms with Gasteiger partial charge in [-0.25, -0.2) is 0 Å². The van der Waals surface area contributed by atoms with Gasteiger partial charge >= 0.3 is 0 Å². The molecule has 1 aromatic carbocycles. The maximum Gasteiger partial charge on any atom is 0.256 e. The summed E-state index contributed by atoms with van der Waals surface area (Å²) in [5.41, 5.74) is 0.584.